The zero-order valence-corrected chi connectivity index (χ0v) is 13.0. The number of rotatable bonds is 5. The molecule has 1 aromatic rings. The lowest BCUT2D eigenvalue weighted by atomic mass is 10.2. The van der Waals surface area contributed by atoms with Crippen molar-refractivity contribution < 1.29 is 19.4 Å². The topological polar surface area (TPSA) is 66.8 Å². The van der Waals surface area contributed by atoms with Gasteiger partial charge in [0.05, 0.1) is 5.56 Å². The van der Waals surface area contributed by atoms with Gasteiger partial charge in [0.25, 0.3) is 0 Å². The summed E-state index contributed by atoms with van der Waals surface area (Å²) >= 11 is 0. The molecule has 1 amide bonds. The summed E-state index contributed by atoms with van der Waals surface area (Å²) in [5.74, 6) is -0.987. The molecule has 0 spiro atoms. The minimum atomic E-state index is -0.987. The maximum atomic E-state index is 12.3. The third-order valence-electron chi connectivity index (χ3n) is 2.78. The molecule has 1 rings (SSSR count). The van der Waals surface area contributed by atoms with Crippen molar-refractivity contribution in [1.29, 1.82) is 0 Å². The maximum absolute atomic E-state index is 12.3. The van der Waals surface area contributed by atoms with E-state index in [0.29, 0.717) is 12.2 Å². The quantitative estimate of drug-likeness (QED) is 0.893. The second-order valence-electron chi connectivity index (χ2n) is 5.84. The summed E-state index contributed by atoms with van der Waals surface area (Å²) in [4.78, 5) is 24.7. The Hall–Kier alpha value is -2.04. The molecule has 0 aromatic heterocycles. The minimum absolute atomic E-state index is 0.193. The number of ether oxygens (including phenoxy) is 1. The first-order valence-electron chi connectivity index (χ1n) is 7.08. The van der Waals surface area contributed by atoms with Gasteiger partial charge in [0, 0.05) is 12.2 Å². The van der Waals surface area contributed by atoms with E-state index in [1.54, 1.807) is 17.0 Å². The number of hydrogen-bond donors (Lipinski definition) is 1. The smallest absolute Gasteiger partial charge is 0.414 e. The van der Waals surface area contributed by atoms with Gasteiger partial charge in [0.1, 0.15) is 5.60 Å². The number of anilines is 1. The Kier molecular flexibility index (Phi) is 5.76. The standard InChI is InChI=1S/C16H23NO4/c1-5-6-11-17(15(20)21-16(2,3)4)13-9-7-12(8-10-13)14(18)19/h7-10H,5-6,11H2,1-4H3,(H,18,19). The number of hydrogen-bond acceptors (Lipinski definition) is 3. The van der Waals surface area contributed by atoms with Crippen LogP contribution in [0.4, 0.5) is 10.5 Å². The highest BCUT2D eigenvalue weighted by atomic mass is 16.6. The zero-order chi connectivity index (χ0) is 16.0. The lowest BCUT2D eigenvalue weighted by Gasteiger charge is -2.27. The van der Waals surface area contributed by atoms with Gasteiger partial charge in [-0.1, -0.05) is 13.3 Å². The molecule has 0 aliphatic rings. The van der Waals surface area contributed by atoms with Crippen LogP contribution in [0.1, 0.15) is 50.9 Å². The second-order valence-corrected chi connectivity index (χ2v) is 5.84. The van der Waals surface area contributed by atoms with E-state index >= 15 is 0 Å². The predicted octanol–water partition coefficient (Wildman–Crippen LogP) is 3.93. The molecule has 0 atom stereocenters. The molecule has 0 aliphatic carbocycles. The largest absolute Gasteiger partial charge is 0.478 e. The fourth-order valence-corrected chi connectivity index (χ4v) is 1.74. The summed E-state index contributed by atoms with van der Waals surface area (Å²) in [5.41, 5.74) is 0.267. The van der Waals surface area contributed by atoms with Crippen molar-refractivity contribution >= 4 is 17.7 Å². The Morgan fingerprint density at radius 1 is 1.19 bits per heavy atom. The molecule has 0 aliphatic heterocycles. The molecule has 0 fully saturated rings. The number of carbonyl (C=O) groups excluding carboxylic acids is 1. The van der Waals surface area contributed by atoms with Crippen LogP contribution in [0.5, 0.6) is 0 Å². The van der Waals surface area contributed by atoms with Gasteiger partial charge in [-0.2, -0.15) is 0 Å². The summed E-state index contributed by atoms with van der Waals surface area (Å²) in [6.45, 7) is 8.03. The Labute approximate surface area is 125 Å². The Morgan fingerprint density at radius 3 is 2.19 bits per heavy atom. The van der Waals surface area contributed by atoms with Crippen molar-refractivity contribution in [1.82, 2.24) is 0 Å². The maximum Gasteiger partial charge on any atom is 0.414 e. The van der Waals surface area contributed by atoms with Crippen LogP contribution in [0.3, 0.4) is 0 Å². The van der Waals surface area contributed by atoms with Gasteiger partial charge >= 0.3 is 12.1 Å². The number of carbonyl (C=O) groups is 2. The van der Waals surface area contributed by atoms with E-state index in [1.165, 1.54) is 12.1 Å². The van der Waals surface area contributed by atoms with Crippen molar-refractivity contribution in [2.75, 3.05) is 11.4 Å². The summed E-state index contributed by atoms with van der Waals surface area (Å²) < 4.78 is 5.40. The Bertz CT molecular complexity index is 488. The lowest BCUT2D eigenvalue weighted by molar-refractivity contribution is 0.0579. The van der Waals surface area contributed by atoms with E-state index in [0.717, 1.165) is 12.8 Å². The molecule has 0 saturated heterocycles. The van der Waals surface area contributed by atoms with Crippen LogP contribution in [-0.4, -0.2) is 29.3 Å². The summed E-state index contributed by atoms with van der Waals surface area (Å²) in [7, 11) is 0. The van der Waals surface area contributed by atoms with Gasteiger partial charge in [-0.25, -0.2) is 9.59 Å². The third-order valence-corrected chi connectivity index (χ3v) is 2.78. The highest BCUT2D eigenvalue weighted by Gasteiger charge is 2.23. The first-order valence-corrected chi connectivity index (χ1v) is 7.08. The number of amides is 1. The van der Waals surface area contributed by atoms with E-state index in [9.17, 15) is 9.59 Å². The molecule has 1 aromatic carbocycles. The fraction of sp³-hybridized carbons (Fsp3) is 0.500. The van der Waals surface area contributed by atoms with E-state index < -0.39 is 17.7 Å². The van der Waals surface area contributed by atoms with Crippen LogP contribution in [0.15, 0.2) is 24.3 Å². The molecule has 0 heterocycles. The van der Waals surface area contributed by atoms with E-state index in [4.69, 9.17) is 9.84 Å². The molecule has 5 heteroatoms. The van der Waals surface area contributed by atoms with Crippen molar-refractivity contribution in [3.8, 4) is 0 Å². The third kappa shape index (κ3) is 5.45. The van der Waals surface area contributed by atoms with Crippen LogP contribution in [0.2, 0.25) is 0 Å². The molecule has 1 N–H and O–H groups in total. The van der Waals surface area contributed by atoms with Gasteiger partial charge in [0.2, 0.25) is 0 Å². The number of carboxylic acid groups (broad SMARTS) is 1. The van der Waals surface area contributed by atoms with Gasteiger partial charge in [-0.15, -0.1) is 0 Å². The van der Waals surface area contributed by atoms with E-state index in [2.05, 4.69) is 0 Å². The zero-order valence-electron chi connectivity index (χ0n) is 13.0. The van der Waals surface area contributed by atoms with Crippen LogP contribution in [-0.2, 0) is 4.74 Å². The van der Waals surface area contributed by atoms with E-state index in [-0.39, 0.29) is 5.56 Å². The average Bonchev–Trinajstić information content (AvgIpc) is 2.37. The molecular weight excluding hydrogens is 270 g/mol. The first kappa shape index (κ1) is 17.0. The van der Waals surface area contributed by atoms with Crippen LogP contribution >= 0.6 is 0 Å². The van der Waals surface area contributed by atoms with Crippen molar-refractivity contribution in [3.05, 3.63) is 29.8 Å². The molecular formula is C16H23NO4. The fourth-order valence-electron chi connectivity index (χ4n) is 1.74. The second kappa shape index (κ2) is 7.11. The van der Waals surface area contributed by atoms with E-state index in [1.807, 2.05) is 27.7 Å². The van der Waals surface area contributed by atoms with Crippen LogP contribution in [0, 0.1) is 0 Å². The van der Waals surface area contributed by atoms with Gasteiger partial charge < -0.3 is 9.84 Å². The molecule has 0 bridgehead atoms. The molecule has 21 heavy (non-hydrogen) atoms. The number of nitrogens with zero attached hydrogens (tertiary/aromatic N) is 1. The highest BCUT2D eigenvalue weighted by molar-refractivity contribution is 5.91. The summed E-state index contributed by atoms with van der Waals surface area (Å²) in [6.07, 6.45) is 1.38. The molecule has 0 unspecified atom stereocenters. The van der Waals surface area contributed by atoms with Gasteiger partial charge in [0.15, 0.2) is 0 Å². The van der Waals surface area contributed by atoms with Crippen LogP contribution in [0.25, 0.3) is 0 Å². The summed E-state index contributed by atoms with van der Waals surface area (Å²) in [6, 6.07) is 6.23. The van der Waals surface area contributed by atoms with Crippen LogP contribution < -0.4 is 4.90 Å². The Balaban J connectivity index is 2.95. The molecule has 0 radical (unpaired) electrons. The van der Waals surface area contributed by atoms with Gasteiger partial charge in [-0.05, 0) is 51.5 Å². The predicted molar refractivity (Wildman–Crippen MR) is 81.9 cm³/mol. The molecule has 116 valence electrons. The first-order chi connectivity index (χ1) is 9.74. The number of aromatic carboxylic acids is 1. The normalized spacial score (nSPS) is 11.0. The Morgan fingerprint density at radius 2 is 1.76 bits per heavy atom. The number of unbranched alkanes of at least 4 members (excludes halogenated alkanes) is 1. The summed E-state index contributed by atoms with van der Waals surface area (Å²) in [5, 5.41) is 8.91. The number of carboxylic acids is 1. The van der Waals surface area contributed by atoms with Crippen molar-refractivity contribution in [2.45, 2.75) is 46.1 Å². The van der Waals surface area contributed by atoms with Crippen molar-refractivity contribution in [2.24, 2.45) is 0 Å². The average molecular weight is 293 g/mol. The highest BCUT2D eigenvalue weighted by Crippen LogP contribution is 2.20. The molecule has 0 saturated carbocycles. The lowest BCUT2D eigenvalue weighted by Crippen LogP contribution is -2.37. The number of benzene rings is 1. The van der Waals surface area contributed by atoms with Crippen molar-refractivity contribution in [3.63, 3.8) is 0 Å². The molecule has 5 nitrogen and oxygen atoms in total. The monoisotopic (exact) mass is 293 g/mol. The SMILES string of the molecule is CCCCN(C(=O)OC(C)(C)C)c1ccc(C(=O)O)cc1. The van der Waals surface area contributed by atoms with Gasteiger partial charge in [-0.3, -0.25) is 4.90 Å². The minimum Gasteiger partial charge on any atom is -0.478 e.